The van der Waals surface area contributed by atoms with Crippen molar-refractivity contribution in [2.24, 2.45) is 0 Å². The SMILES string of the molecule is COc1cc(C(=O)O)cc2cc(O)ccc12. The number of aromatic hydroxyl groups is 1. The molecule has 4 nitrogen and oxygen atoms in total. The van der Waals surface area contributed by atoms with Gasteiger partial charge >= 0.3 is 5.97 Å². The normalized spacial score (nSPS) is 10.3. The van der Waals surface area contributed by atoms with Crippen molar-refractivity contribution in [3.05, 3.63) is 35.9 Å². The van der Waals surface area contributed by atoms with E-state index in [4.69, 9.17) is 9.84 Å². The highest BCUT2D eigenvalue weighted by Gasteiger charge is 2.09. The van der Waals surface area contributed by atoms with Crippen molar-refractivity contribution in [2.45, 2.75) is 0 Å². The van der Waals surface area contributed by atoms with E-state index in [-0.39, 0.29) is 11.3 Å². The number of methoxy groups -OCH3 is 1. The van der Waals surface area contributed by atoms with Gasteiger partial charge in [0, 0.05) is 5.39 Å². The summed E-state index contributed by atoms with van der Waals surface area (Å²) in [5.41, 5.74) is 0.134. The van der Waals surface area contributed by atoms with Gasteiger partial charge in [0.15, 0.2) is 0 Å². The van der Waals surface area contributed by atoms with Gasteiger partial charge in [0.25, 0.3) is 0 Å². The Kier molecular flexibility index (Phi) is 2.40. The van der Waals surface area contributed by atoms with Crippen LogP contribution in [-0.4, -0.2) is 23.3 Å². The second-order valence-electron chi connectivity index (χ2n) is 3.39. The number of phenols is 1. The fourth-order valence-corrected chi connectivity index (χ4v) is 1.61. The van der Waals surface area contributed by atoms with Crippen LogP contribution in [0.25, 0.3) is 10.8 Å². The first-order valence-corrected chi connectivity index (χ1v) is 4.66. The number of carboxylic acid groups (broad SMARTS) is 1. The minimum atomic E-state index is -1.02. The van der Waals surface area contributed by atoms with E-state index in [0.717, 1.165) is 5.39 Å². The molecule has 0 fully saturated rings. The number of carbonyl (C=O) groups is 1. The van der Waals surface area contributed by atoms with E-state index in [9.17, 15) is 9.90 Å². The molecule has 2 N–H and O–H groups in total. The van der Waals surface area contributed by atoms with E-state index < -0.39 is 5.97 Å². The summed E-state index contributed by atoms with van der Waals surface area (Å²) in [5, 5.41) is 19.7. The summed E-state index contributed by atoms with van der Waals surface area (Å²) >= 11 is 0. The fraction of sp³-hybridized carbons (Fsp3) is 0.0833. The molecule has 0 heterocycles. The zero-order chi connectivity index (χ0) is 11.7. The molecule has 0 spiro atoms. The van der Waals surface area contributed by atoms with Crippen LogP contribution in [0.1, 0.15) is 10.4 Å². The maximum Gasteiger partial charge on any atom is 0.335 e. The van der Waals surface area contributed by atoms with Crippen molar-refractivity contribution >= 4 is 16.7 Å². The van der Waals surface area contributed by atoms with E-state index in [1.54, 1.807) is 6.07 Å². The number of ether oxygens (including phenoxy) is 1. The standard InChI is InChI=1S/C12H10O4/c1-16-11-6-8(12(14)15)4-7-5-9(13)2-3-10(7)11/h2-6,13H,1H3,(H,14,15). The predicted octanol–water partition coefficient (Wildman–Crippen LogP) is 2.25. The lowest BCUT2D eigenvalue weighted by molar-refractivity contribution is 0.0696. The van der Waals surface area contributed by atoms with Gasteiger partial charge in [0.05, 0.1) is 12.7 Å². The molecular weight excluding hydrogens is 208 g/mol. The Balaban J connectivity index is 2.78. The summed E-state index contributed by atoms with van der Waals surface area (Å²) in [5.74, 6) is -0.449. The van der Waals surface area contributed by atoms with Crippen LogP contribution in [0.4, 0.5) is 0 Å². The Morgan fingerprint density at radius 3 is 2.62 bits per heavy atom. The summed E-state index contributed by atoms with van der Waals surface area (Å²) in [4.78, 5) is 10.9. The lowest BCUT2D eigenvalue weighted by Crippen LogP contribution is -1.97. The first kappa shape index (κ1) is 10.3. The highest BCUT2D eigenvalue weighted by atomic mass is 16.5. The van der Waals surface area contributed by atoms with Crippen molar-refractivity contribution in [1.82, 2.24) is 0 Å². The molecule has 4 heteroatoms. The molecule has 0 atom stereocenters. The average molecular weight is 218 g/mol. The third-order valence-corrected chi connectivity index (χ3v) is 2.37. The Morgan fingerprint density at radius 2 is 2.00 bits per heavy atom. The Bertz CT molecular complexity index is 560. The molecule has 2 aromatic carbocycles. The number of hydrogen-bond donors (Lipinski definition) is 2. The summed E-state index contributed by atoms with van der Waals surface area (Å²) in [6.07, 6.45) is 0. The number of rotatable bonds is 2. The molecular formula is C12H10O4. The predicted molar refractivity (Wildman–Crippen MR) is 59.1 cm³/mol. The molecule has 2 rings (SSSR count). The largest absolute Gasteiger partial charge is 0.508 e. The second-order valence-corrected chi connectivity index (χ2v) is 3.39. The molecule has 0 aliphatic heterocycles. The van der Waals surface area contributed by atoms with Gasteiger partial charge in [-0.15, -0.1) is 0 Å². The topological polar surface area (TPSA) is 66.8 Å². The molecule has 0 saturated carbocycles. The number of hydrogen-bond acceptors (Lipinski definition) is 3. The summed E-state index contributed by atoms with van der Waals surface area (Å²) in [6, 6.07) is 7.69. The lowest BCUT2D eigenvalue weighted by Gasteiger charge is -2.07. The molecule has 0 amide bonds. The molecule has 16 heavy (non-hydrogen) atoms. The molecule has 0 bridgehead atoms. The highest BCUT2D eigenvalue weighted by Crippen LogP contribution is 2.29. The molecule has 0 radical (unpaired) electrons. The van der Waals surface area contributed by atoms with Crippen LogP contribution in [0.3, 0.4) is 0 Å². The van der Waals surface area contributed by atoms with Crippen molar-refractivity contribution in [1.29, 1.82) is 0 Å². The molecule has 0 aliphatic carbocycles. The number of aromatic carboxylic acids is 1. The maximum atomic E-state index is 10.9. The number of carboxylic acids is 1. The zero-order valence-corrected chi connectivity index (χ0v) is 8.60. The van der Waals surface area contributed by atoms with Crippen LogP contribution in [0.2, 0.25) is 0 Å². The van der Waals surface area contributed by atoms with Gasteiger partial charge < -0.3 is 14.9 Å². The molecule has 0 saturated heterocycles. The van der Waals surface area contributed by atoms with Crippen LogP contribution in [0.15, 0.2) is 30.3 Å². The minimum absolute atomic E-state index is 0.0945. The van der Waals surface area contributed by atoms with Crippen molar-refractivity contribution in [3.63, 3.8) is 0 Å². The number of fused-ring (bicyclic) bond motifs is 1. The first-order valence-electron chi connectivity index (χ1n) is 4.66. The Labute approximate surface area is 91.7 Å². The van der Waals surface area contributed by atoms with E-state index in [1.165, 1.54) is 31.4 Å². The average Bonchev–Trinajstić information content (AvgIpc) is 2.26. The van der Waals surface area contributed by atoms with Crippen LogP contribution in [0.5, 0.6) is 11.5 Å². The lowest BCUT2D eigenvalue weighted by atomic mass is 10.1. The van der Waals surface area contributed by atoms with E-state index >= 15 is 0 Å². The highest BCUT2D eigenvalue weighted by molar-refractivity contribution is 5.98. The van der Waals surface area contributed by atoms with Crippen LogP contribution >= 0.6 is 0 Å². The Morgan fingerprint density at radius 1 is 1.25 bits per heavy atom. The minimum Gasteiger partial charge on any atom is -0.508 e. The molecule has 2 aromatic rings. The van der Waals surface area contributed by atoms with Crippen molar-refractivity contribution < 1.29 is 19.7 Å². The van der Waals surface area contributed by atoms with Gasteiger partial charge in [-0.3, -0.25) is 0 Å². The summed E-state index contributed by atoms with van der Waals surface area (Å²) in [7, 11) is 1.48. The first-order chi connectivity index (χ1) is 7.61. The summed E-state index contributed by atoms with van der Waals surface area (Å²) in [6.45, 7) is 0. The fourth-order valence-electron chi connectivity index (χ4n) is 1.61. The molecule has 0 unspecified atom stereocenters. The van der Waals surface area contributed by atoms with Gasteiger partial charge in [-0.05, 0) is 35.7 Å². The third-order valence-electron chi connectivity index (χ3n) is 2.37. The van der Waals surface area contributed by atoms with Gasteiger partial charge in [-0.25, -0.2) is 4.79 Å². The van der Waals surface area contributed by atoms with Gasteiger partial charge in [-0.2, -0.15) is 0 Å². The van der Waals surface area contributed by atoms with Crippen LogP contribution in [0, 0.1) is 0 Å². The number of phenolic OH excluding ortho intramolecular Hbond substituents is 1. The van der Waals surface area contributed by atoms with Gasteiger partial charge in [-0.1, -0.05) is 0 Å². The quantitative estimate of drug-likeness (QED) is 0.811. The molecule has 82 valence electrons. The van der Waals surface area contributed by atoms with E-state index in [2.05, 4.69) is 0 Å². The second kappa shape index (κ2) is 3.73. The van der Waals surface area contributed by atoms with E-state index in [1.807, 2.05) is 0 Å². The smallest absolute Gasteiger partial charge is 0.335 e. The van der Waals surface area contributed by atoms with Crippen molar-refractivity contribution in [3.8, 4) is 11.5 Å². The van der Waals surface area contributed by atoms with Crippen molar-refractivity contribution in [2.75, 3.05) is 7.11 Å². The monoisotopic (exact) mass is 218 g/mol. The third kappa shape index (κ3) is 1.65. The number of benzene rings is 2. The van der Waals surface area contributed by atoms with Gasteiger partial charge in [0.2, 0.25) is 0 Å². The maximum absolute atomic E-state index is 10.9. The van der Waals surface area contributed by atoms with Gasteiger partial charge in [0.1, 0.15) is 11.5 Å². The Hall–Kier alpha value is -2.23. The van der Waals surface area contributed by atoms with Crippen LogP contribution < -0.4 is 4.74 Å². The zero-order valence-electron chi connectivity index (χ0n) is 8.60. The van der Waals surface area contributed by atoms with Crippen LogP contribution in [-0.2, 0) is 0 Å². The van der Waals surface area contributed by atoms with E-state index in [0.29, 0.717) is 11.1 Å². The molecule has 0 aromatic heterocycles. The summed E-state index contributed by atoms with van der Waals surface area (Å²) < 4.78 is 5.11. The molecule has 0 aliphatic rings.